The first-order valence-corrected chi connectivity index (χ1v) is 7.53. The van der Waals surface area contributed by atoms with E-state index in [0.717, 1.165) is 32.5 Å². The third-order valence-corrected chi connectivity index (χ3v) is 5.23. The Bertz CT molecular complexity index is 360. The van der Waals surface area contributed by atoms with Gasteiger partial charge in [-0.1, -0.05) is 26.7 Å². The second kappa shape index (κ2) is 5.44. The monoisotopic (exact) mass is 264 g/mol. The minimum absolute atomic E-state index is 0.0404. The molecule has 0 aromatic heterocycles. The second-order valence-corrected chi connectivity index (χ2v) is 6.72. The van der Waals surface area contributed by atoms with E-state index in [0.29, 0.717) is 18.6 Å². The van der Waals surface area contributed by atoms with E-state index in [4.69, 9.17) is 16.9 Å². The van der Waals surface area contributed by atoms with Crippen LogP contribution in [0.15, 0.2) is 0 Å². The maximum atomic E-state index is 6.81. The van der Waals surface area contributed by atoms with Crippen LogP contribution in [0.3, 0.4) is 0 Å². The molecule has 108 valence electrons. The quantitative estimate of drug-likeness (QED) is 0.770. The molecule has 0 aromatic carbocycles. The predicted octanol–water partition coefficient (Wildman–Crippen LogP) is 1.86. The molecule has 0 spiro atoms. The fraction of sp³-hybridized carbons (Fsp3) is 0.875. The number of rotatable bonds is 5. The summed E-state index contributed by atoms with van der Waals surface area (Å²) in [5.41, 5.74) is 6.68. The zero-order valence-electron chi connectivity index (χ0n) is 12.6. The molecule has 0 aromatic rings. The molecule has 1 aliphatic heterocycles. The number of hydrogen-bond donors (Lipinski definition) is 1. The Morgan fingerprint density at radius 1 is 1.47 bits per heavy atom. The van der Waals surface area contributed by atoms with Gasteiger partial charge in [0.15, 0.2) is 0 Å². The van der Waals surface area contributed by atoms with Crippen LogP contribution in [0.4, 0.5) is 0 Å². The van der Waals surface area contributed by atoms with Crippen LogP contribution in [0.2, 0.25) is 0 Å². The van der Waals surface area contributed by atoms with Crippen molar-refractivity contribution in [1.82, 2.24) is 4.90 Å². The van der Waals surface area contributed by atoms with Crippen molar-refractivity contribution in [3.05, 3.63) is 0 Å². The van der Waals surface area contributed by atoms with Crippen LogP contribution in [-0.2, 0) is 4.74 Å². The Labute approximate surface area is 117 Å². The van der Waals surface area contributed by atoms with Crippen LogP contribution in [0.1, 0.15) is 40.0 Å². The fourth-order valence-electron chi connectivity index (χ4n) is 4.02. The number of nitrogens with zero attached hydrogens (tertiary/aromatic N) is 1. The van der Waals surface area contributed by atoms with Crippen molar-refractivity contribution in [2.75, 3.05) is 26.2 Å². The van der Waals surface area contributed by atoms with E-state index in [1.807, 2.05) is 0 Å². The zero-order chi connectivity index (χ0) is 14.1. The number of fused-ring (bicyclic) bond motifs is 1. The van der Waals surface area contributed by atoms with Crippen molar-refractivity contribution in [3.8, 4) is 12.3 Å². The van der Waals surface area contributed by atoms with E-state index in [9.17, 15) is 0 Å². The standard InChI is InChI=1S/C16H28N2O/c1-5-9-18(10-6-2)12-16(17)13-8-7-11-19-14(13)15(16,3)4/h1,13-14H,6-12,17H2,2-4H3. The molecule has 3 heteroatoms. The van der Waals surface area contributed by atoms with Gasteiger partial charge in [0, 0.05) is 30.0 Å². The summed E-state index contributed by atoms with van der Waals surface area (Å²) < 4.78 is 5.95. The van der Waals surface area contributed by atoms with Gasteiger partial charge in [-0.15, -0.1) is 6.42 Å². The Kier molecular flexibility index (Phi) is 4.25. The molecule has 0 bridgehead atoms. The Morgan fingerprint density at radius 3 is 2.84 bits per heavy atom. The number of terminal acetylenes is 1. The maximum Gasteiger partial charge on any atom is 0.0690 e. The topological polar surface area (TPSA) is 38.5 Å². The molecule has 2 fully saturated rings. The average molecular weight is 264 g/mol. The van der Waals surface area contributed by atoms with Gasteiger partial charge in [0.25, 0.3) is 0 Å². The molecular weight excluding hydrogens is 236 g/mol. The van der Waals surface area contributed by atoms with E-state index in [1.54, 1.807) is 0 Å². The third kappa shape index (κ3) is 2.31. The molecule has 0 amide bonds. The van der Waals surface area contributed by atoms with Gasteiger partial charge >= 0.3 is 0 Å². The van der Waals surface area contributed by atoms with Crippen molar-refractivity contribution in [3.63, 3.8) is 0 Å². The molecule has 1 aliphatic carbocycles. The van der Waals surface area contributed by atoms with Crippen molar-refractivity contribution >= 4 is 0 Å². The molecule has 0 radical (unpaired) electrons. The smallest absolute Gasteiger partial charge is 0.0690 e. The van der Waals surface area contributed by atoms with Gasteiger partial charge < -0.3 is 10.5 Å². The summed E-state index contributed by atoms with van der Waals surface area (Å²) in [6, 6.07) is 0. The summed E-state index contributed by atoms with van der Waals surface area (Å²) in [5.74, 6) is 3.26. The minimum Gasteiger partial charge on any atom is -0.377 e. The van der Waals surface area contributed by atoms with Crippen LogP contribution >= 0.6 is 0 Å². The SMILES string of the molecule is C#CCN(CCC)CC1(N)C2CCCOC2C1(C)C. The Morgan fingerprint density at radius 2 is 2.21 bits per heavy atom. The first-order valence-electron chi connectivity index (χ1n) is 7.53. The molecule has 3 atom stereocenters. The summed E-state index contributed by atoms with van der Waals surface area (Å²) in [6.07, 6.45) is 9.26. The van der Waals surface area contributed by atoms with Gasteiger partial charge in [0.2, 0.25) is 0 Å². The van der Waals surface area contributed by atoms with Gasteiger partial charge in [-0.2, -0.15) is 0 Å². The number of hydrogen-bond acceptors (Lipinski definition) is 3. The van der Waals surface area contributed by atoms with E-state index in [2.05, 4.69) is 31.6 Å². The van der Waals surface area contributed by atoms with Gasteiger partial charge in [-0.05, 0) is 25.8 Å². The normalized spacial score (nSPS) is 36.4. The van der Waals surface area contributed by atoms with Crippen LogP contribution in [-0.4, -0.2) is 42.8 Å². The third-order valence-electron chi connectivity index (χ3n) is 5.23. The summed E-state index contributed by atoms with van der Waals surface area (Å²) in [6.45, 7) is 10.2. The number of ether oxygens (including phenoxy) is 1. The van der Waals surface area contributed by atoms with Gasteiger partial charge in [0.1, 0.15) is 0 Å². The molecule has 2 rings (SSSR count). The Hall–Kier alpha value is -0.560. The van der Waals surface area contributed by atoms with Crippen molar-refractivity contribution in [2.45, 2.75) is 51.7 Å². The maximum absolute atomic E-state index is 6.81. The highest BCUT2D eigenvalue weighted by Crippen LogP contribution is 2.57. The molecule has 2 N–H and O–H groups in total. The highest BCUT2D eigenvalue weighted by atomic mass is 16.5. The largest absolute Gasteiger partial charge is 0.377 e. The van der Waals surface area contributed by atoms with E-state index in [-0.39, 0.29) is 11.0 Å². The molecule has 3 nitrogen and oxygen atoms in total. The van der Waals surface area contributed by atoms with Gasteiger partial charge in [0.05, 0.1) is 12.6 Å². The van der Waals surface area contributed by atoms with E-state index >= 15 is 0 Å². The average Bonchev–Trinajstić information content (AvgIpc) is 2.39. The zero-order valence-corrected chi connectivity index (χ0v) is 12.6. The first-order chi connectivity index (χ1) is 8.97. The van der Waals surface area contributed by atoms with Crippen LogP contribution in [0.25, 0.3) is 0 Å². The lowest BCUT2D eigenvalue weighted by Crippen LogP contribution is -2.80. The van der Waals surface area contributed by atoms with Crippen molar-refractivity contribution < 1.29 is 4.74 Å². The van der Waals surface area contributed by atoms with Crippen molar-refractivity contribution in [1.29, 1.82) is 0 Å². The highest BCUT2D eigenvalue weighted by molar-refractivity contribution is 5.21. The second-order valence-electron chi connectivity index (χ2n) is 6.72. The molecule has 1 heterocycles. The number of nitrogens with two attached hydrogens (primary N) is 1. The lowest BCUT2D eigenvalue weighted by molar-refractivity contribution is -0.231. The summed E-state index contributed by atoms with van der Waals surface area (Å²) in [7, 11) is 0. The highest BCUT2D eigenvalue weighted by Gasteiger charge is 2.66. The predicted molar refractivity (Wildman–Crippen MR) is 78.7 cm³/mol. The van der Waals surface area contributed by atoms with E-state index < -0.39 is 0 Å². The Balaban J connectivity index is 2.10. The van der Waals surface area contributed by atoms with Gasteiger partial charge in [-0.3, -0.25) is 4.90 Å². The lowest BCUT2D eigenvalue weighted by Gasteiger charge is -2.67. The molecule has 1 saturated carbocycles. The van der Waals surface area contributed by atoms with Gasteiger partial charge in [-0.25, -0.2) is 0 Å². The lowest BCUT2D eigenvalue weighted by atomic mass is 9.46. The summed E-state index contributed by atoms with van der Waals surface area (Å²) in [5, 5.41) is 0. The van der Waals surface area contributed by atoms with Crippen LogP contribution < -0.4 is 5.73 Å². The first kappa shape index (κ1) is 14.8. The molecule has 2 aliphatic rings. The summed E-state index contributed by atoms with van der Waals surface area (Å²) >= 11 is 0. The fourth-order valence-corrected chi connectivity index (χ4v) is 4.02. The van der Waals surface area contributed by atoms with Crippen molar-refractivity contribution in [2.24, 2.45) is 17.1 Å². The molecule has 19 heavy (non-hydrogen) atoms. The van der Waals surface area contributed by atoms with Crippen LogP contribution in [0, 0.1) is 23.7 Å². The molecular formula is C16H28N2O. The minimum atomic E-state index is -0.163. The van der Waals surface area contributed by atoms with Crippen LogP contribution in [0.5, 0.6) is 0 Å². The molecule has 1 saturated heterocycles. The molecule has 3 unspecified atom stereocenters. The summed E-state index contributed by atoms with van der Waals surface area (Å²) in [4.78, 5) is 2.33. The van der Waals surface area contributed by atoms with E-state index in [1.165, 1.54) is 6.42 Å².